The van der Waals surface area contributed by atoms with Crippen molar-refractivity contribution in [1.29, 1.82) is 0 Å². The van der Waals surface area contributed by atoms with Crippen LogP contribution in [0.15, 0.2) is 24.3 Å². The largest absolute Gasteiger partial charge is 0.350 e. The number of halogens is 1. The van der Waals surface area contributed by atoms with Crippen LogP contribution >= 0.6 is 15.9 Å². The number of nitrogens with one attached hydrogen (secondary N) is 1. The highest BCUT2D eigenvalue weighted by Crippen LogP contribution is 2.26. The van der Waals surface area contributed by atoms with Crippen molar-refractivity contribution in [3.8, 4) is 0 Å². The highest BCUT2D eigenvalue weighted by molar-refractivity contribution is 9.09. The predicted octanol–water partition coefficient (Wildman–Crippen LogP) is 3.08. The number of fused-ring (bicyclic) bond motifs is 1. The summed E-state index contributed by atoms with van der Waals surface area (Å²) in [6.45, 7) is 4.08. The van der Waals surface area contributed by atoms with Crippen LogP contribution < -0.4 is 5.32 Å². The fourth-order valence-corrected chi connectivity index (χ4v) is 2.53. The summed E-state index contributed by atoms with van der Waals surface area (Å²) in [5, 5.41) is 3.89. The molecule has 1 N–H and O–H groups in total. The number of amides is 1. The van der Waals surface area contributed by atoms with Gasteiger partial charge in [-0.25, -0.2) is 0 Å². The first kappa shape index (κ1) is 13.6. The Labute approximate surface area is 117 Å². The zero-order valence-electron chi connectivity index (χ0n) is 11.0. The van der Waals surface area contributed by atoms with Gasteiger partial charge in [-0.3, -0.25) is 4.79 Å². The van der Waals surface area contributed by atoms with Gasteiger partial charge in [-0.1, -0.05) is 40.2 Å². The Morgan fingerprint density at radius 1 is 1.39 bits per heavy atom. The van der Waals surface area contributed by atoms with Crippen molar-refractivity contribution in [2.24, 2.45) is 5.92 Å². The van der Waals surface area contributed by atoms with Crippen molar-refractivity contribution >= 4 is 21.8 Å². The molecule has 2 nitrogen and oxygen atoms in total. The van der Waals surface area contributed by atoms with Gasteiger partial charge in [0.05, 0.1) is 0 Å². The van der Waals surface area contributed by atoms with Crippen LogP contribution in [0.1, 0.15) is 31.4 Å². The first-order chi connectivity index (χ1) is 8.52. The van der Waals surface area contributed by atoms with E-state index in [2.05, 4.69) is 45.5 Å². The molecule has 1 aromatic rings. The van der Waals surface area contributed by atoms with E-state index in [0.717, 1.165) is 24.6 Å². The molecule has 1 amide bonds. The maximum atomic E-state index is 12.3. The molecule has 1 atom stereocenters. The Balaban J connectivity index is 2.03. The Bertz CT molecular complexity index is 442. The summed E-state index contributed by atoms with van der Waals surface area (Å²) >= 11 is 3.43. The molecule has 0 radical (unpaired) electrons. The molecule has 0 saturated heterocycles. The van der Waals surface area contributed by atoms with E-state index in [1.807, 2.05) is 13.8 Å². The highest BCUT2D eigenvalue weighted by atomic mass is 79.9. The fourth-order valence-electron chi connectivity index (χ4n) is 2.39. The SMILES string of the molecule is CC(C)(CBr)NC(=O)C1CCc2ccccc2C1. The molecule has 2 rings (SSSR count). The van der Waals surface area contributed by atoms with Crippen LogP contribution in [0.4, 0.5) is 0 Å². The fraction of sp³-hybridized carbons (Fsp3) is 0.533. The lowest BCUT2D eigenvalue weighted by molar-refractivity contribution is -0.126. The van der Waals surface area contributed by atoms with E-state index < -0.39 is 0 Å². The third kappa shape index (κ3) is 3.14. The maximum absolute atomic E-state index is 12.3. The van der Waals surface area contributed by atoms with E-state index in [1.54, 1.807) is 0 Å². The monoisotopic (exact) mass is 309 g/mol. The summed E-state index contributed by atoms with van der Waals surface area (Å²) in [5.74, 6) is 0.312. The van der Waals surface area contributed by atoms with Crippen LogP contribution in [0.25, 0.3) is 0 Å². The average molecular weight is 310 g/mol. The average Bonchev–Trinajstić information content (AvgIpc) is 2.37. The minimum absolute atomic E-state index is 0.123. The summed E-state index contributed by atoms with van der Waals surface area (Å²) < 4.78 is 0. The van der Waals surface area contributed by atoms with Gasteiger partial charge in [0.2, 0.25) is 5.91 Å². The molecular formula is C15H20BrNO. The zero-order valence-corrected chi connectivity index (χ0v) is 12.6. The van der Waals surface area contributed by atoms with Crippen molar-refractivity contribution < 1.29 is 4.79 Å². The van der Waals surface area contributed by atoms with Crippen LogP contribution in [-0.2, 0) is 17.6 Å². The van der Waals surface area contributed by atoms with Gasteiger partial charge in [0.25, 0.3) is 0 Å². The van der Waals surface area contributed by atoms with Crippen LogP contribution in [0.2, 0.25) is 0 Å². The van der Waals surface area contributed by atoms with Gasteiger partial charge in [0.1, 0.15) is 0 Å². The first-order valence-electron chi connectivity index (χ1n) is 6.46. The van der Waals surface area contributed by atoms with Gasteiger partial charge in [0.15, 0.2) is 0 Å². The zero-order chi connectivity index (χ0) is 13.2. The van der Waals surface area contributed by atoms with Gasteiger partial charge in [-0.05, 0) is 44.2 Å². The van der Waals surface area contributed by atoms with Crippen LogP contribution in [0, 0.1) is 5.92 Å². The Hall–Kier alpha value is -0.830. The van der Waals surface area contributed by atoms with E-state index in [1.165, 1.54) is 11.1 Å². The van der Waals surface area contributed by atoms with E-state index in [-0.39, 0.29) is 17.4 Å². The minimum atomic E-state index is -0.173. The lowest BCUT2D eigenvalue weighted by Gasteiger charge is -2.29. The number of hydrogen-bond donors (Lipinski definition) is 1. The van der Waals surface area contributed by atoms with Gasteiger partial charge >= 0.3 is 0 Å². The predicted molar refractivity (Wildman–Crippen MR) is 78.0 cm³/mol. The Morgan fingerprint density at radius 2 is 2.06 bits per heavy atom. The smallest absolute Gasteiger partial charge is 0.223 e. The van der Waals surface area contributed by atoms with Gasteiger partial charge < -0.3 is 5.32 Å². The van der Waals surface area contributed by atoms with Crippen molar-refractivity contribution in [2.75, 3.05) is 5.33 Å². The van der Waals surface area contributed by atoms with Gasteiger partial charge in [-0.15, -0.1) is 0 Å². The summed E-state index contributed by atoms with van der Waals surface area (Å²) in [5.41, 5.74) is 2.57. The molecule has 0 fully saturated rings. The number of rotatable bonds is 3. The Kier molecular flexibility index (Phi) is 4.10. The second-order valence-electron chi connectivity index (χ2n) is 5.72. The molecule has 1 aromatic carbocycles. The number of carbonyl (C=O) groups is 1. The molecule has 0 aliphatic heterocycles. The van der Waals surface area contributed by atoms with Crippen LogP contribution in [-0.4, -0.2) is 16.8 Å². The second-order valence-corrected chi connectivity index (χ2v) is 6.28. The van der Waals surface area contributed by atoms with Crippen molar-refractivity contribution in [3.63, 3.8) is 0 Å². The normalized spacial score (nSPS) is 19.2. The van der Waals surface area contributed by atoms with E-state index in [9.17, 15) is 4.79 Å². The van der Waals surface area contributed by atoms with Gasteiger partial charge in [0, 0.05) is 16.8 Å². The topological polar surface area (TPSA) is 29.1 Å². The molecule has 1 aliphatic carbocycles. The summed E-state index contributed by atoms with van der Waals surface area (Å²) in [7, 11) is 0. The van der Waals surface area contributed by atoms with Crippen LogP contribution in [0.3, 0.4) is 0 Å². The minimum Gasteiger partial charge on any atom is -0.350 e. The molecule has 0 saturated carbocycles. The summed E-state index contributed by atoms with van der Waals surface area (Å²) in [4.78, 5) is 12.3. The quantitative estimate of drug-likeness (QED) is 0.854. The van der Waals surface area contributed by atoms with Crippen LogP contribution in [0.5, 0.6) is 0 Å². The number of carbonyl (C=O) groups excluding carboxylic acids is 1. The highest BCUT2D eigenvalue weighted by Gasteiger charge is 2.28. The maximum Gasteiger partial charge on any atom is 0.223 e. The Morgan fingerprint density at radius 3 is 2.72 bits per heavy atom. The van der Waals surface area contributed by atoms with Crippen molar-refractivity contribution in [1.82, 2.24) is 5.32 Å². The molecule has 3 heteroatoms. The van der Waals surface area contributed by atoms with E-state index >= 15 is 0 Å². The third-order valence-corrected chi connectivity index (χ3v) is 4.92. The van der Waals surface area contributed by atoms with Crippen molar-refractivity contribution in [2.45, 2.75) is 38.6 Å². The standard InChI is InChI=1S/C15H20BrNO/c1-15(2,10-16)17-14(18)13-8-7-11-5-3-4-6-12(11)9-13/h3-6,13H,7-10H2,1-2H3,(H,17,18). The third-order valence-electron chi connectivity index (χ3n) is 3.51. The van der Waals surface area contributed by atoms with E-state index in [0.29, 0.717) is 0 Å². The molecule has 0 spiro atoms. The second kappa shape index (κ2) is 5.43. The molecule has 98 valence electrons. The molecule has 18 heavy (non-hydrogen) atoms. The lowest BCUT2D eigenvalue weighted by atomic mass is 9.83. The molecule has 1 unspecified atom stereocenters. The number of hydrogen-bond acceptors (Lipinski definition) is 1. The summed E-state index contributed by atoms with van der Waals surface area (Å²) in [6.07, 6.45) is 2.85. The lowest BCUT2D eigenvalue weighted by Crippen LogP contribution is -2.48. The van der Waals surface area contributed by atoms with E-state index in [4.69, 9.17) is 0 Å². The first-order valence-corrected chi connectivity index (χ1v) is 7.59. The molecule has 1 aliphatic rings. The van der Waals surface area contributed by atoms with Gasteiger partial charge in [-0.2, -0.15) is 0 Å². The molecule has 0 aromatic heterocycles. The van der Waals surface area contributed by atoms with Crippen molar-refractivity contribution in [3.05, 3.63) is 35.4 Å². The summed E-state index contributed by atoms with van der Waals surface area (Å²) in [6, 6.07) is 8.45. The number of alkyl halides is 1. The molecular weight excluding hydrogens is 290 g/mol. The molecule has 0 heterocycles. The molecule has 0 bridgehead atoms. The number of benzene rings is 1. The number of aryl methyl sites for hydroxylation is 1.